The van der Waals surface area contributed by atoms with Crippen LogP contribution in [0.2, 0.25) is 0 Å². The molecule has 1 aromatic heterocycles. The van der Waals surface area contributed by atoms with Crippen LogP contribution >= 0.6 is 11.3 Å². The van der Waals surface area contributed by atoms with Gasteiger partial charge in [-0.3, -0.25) is 9.59 Å². The number of likely N-dealkylation sites (tertiary alicyclic amines) is 1. The van der Waals surface area contributed by atoms with Crippen LogP contribution in [0.4, 0.5) is 0 Å². The Bertz CT molecular complexity index is 516. The van der Waals surface area contributed by atoms with E-state index in [0.717, 1.165) is 12.8 Å². The van der Waals surface area contributed by atoms with E-state index in [9.17, 15) is 14.7 Å². The molecule has 1 aliphatic rings. The monoisotopic (exact) mass is 338 g/mol. The Morgan fingerprint density at radius 3 is 2.87 bits per heavy atom. The molecule has 0 bridgehead atoms. The standard InChI is InChI=1S/C17H26N2O3S/c1-12(10-13(2)20)11-18-16(21)14-6-3-4-8-19(14)17(22)15-7-5-9-23-15/h5,7,9,12-14,20H,3-4,6,8,10-11H2,1-2H3,(H,18,21). The smallest absolute Gasteiger partial charge is 0.264 e. The van der Waals surface area contributed by atoms with E-state index in [1.165, 1.54) is 11.3 Å². The first-order chi connectivity index (χ1) is 11.0. The second kappa shape index (κ2) is 8.45. The van der Waals surface area contributed by atoms with E-state index in [1.807, 2.05) is 18.4 Å². The maximum Gasteiger partial charge on any atom is 0.264 e. The van der Waals surface area contributed by atoms with Crippen molar-refractivity contribution in [1.29, 1.82) is 0 Å². The van der Waals surface area contributed by atoms with Crippen molar-refractivity contribution < 1.29 is 14.7 Å². The molecular weight excluding hydrogens is 312 g/mol. The zero-order chi connectivity index (χ0) is 16.8. The molecule has 1 aromatic rings. The maximum atomic E-state index is 12.6. The quantitative estimate of drug-likeness (QED) is 0.836. The normalized spacial score (nSPS) is 20.8. The third-order valence-corrected chi connectivity index (χ3v) is 5.02. The Balaban J connectivity index is 1.95. The Morgan fingerprint density at radius 2 is 2.22 bits per heavy atom. The zero-order valence-corrected chi connectivity index (χ0v) is 14.6. The molecule has 2 amide bonds. The first-order valence-electron chi connectivity index (χ1n) is 8.29. The predicted molar refractivity (Wildman–Crippen MR) is 91.5 cm³/mol. The SMILES string of the molecule is CC(O)CC(C)CNC(=O)C1CCCCN1C(=O)c1cccs1. The van der Waals surface area contributed by atoms with Gasteiger partial charge < -0.3 is 15.3 Å². The van der Waals surface area contributed by atoms with Crippen molar-refractivity contribution in [1.82, 2.24) is 10.2 Å². The lowest BCUT2D eigenvalue weighted by Crippen LogP contribution is -2.52. The molecule has 1 aliphatic heterocycles. The van der Waals surface area contributed by atoms with Crippen LogP contribution < -0.4 is 5.32 Å². The number of hydrogen-bond donors (Lipinski definition) is 2. The van der Waals surface area contributed by atoms with Crippen molar-refractivity contribution in [2.45, 2.75) is 51.7 Å². The summed E-state index contributed by atoms with van der Waals surface area (Å²) in [7, 11) is 0. The van der Waals surface area contributed by atoms with Gasteiger partial charge in [0.05, 0.1) is 11.0 Å². The van der Waals surface area contributed by atoms with Crippen molar-refractivity contribution >= 4 is 23.2 Å². The van der Waals surface area contributed by atoms with Crippen LogP contribution in [0.5, 0.6) is 0 Å². The summed E-state index contributed by atoms with van der Waals surface area (Å²) in [5.74, 6) is 0.0907. The predicted octanol–water partition coefficient (Wildman–Crippen LogP) is 2.27. The highest BCUT2D eigenvalue weighted by Crippen LogP contribution is 2.22. The fraction of sp³-hybridized carbons (Fsp3) is 0.647. The van der Waals surface area contributed by atoms with Crippen LogP contribution in [-0.2, 0) is 4.79 Å². The molecule has 3 unspecified atom stereocenters. The maximum absolute atomic E-state index is 12.6. The number of nitrogens with one attached hydrogen (secondary N) is 1. The van der Waals surface area contributed by atoms with Crippen LogP contribution in [0.15, 0.2) is 17.5 Å². The minimum atomic E-state index is -0.378. The fourth-order valence-corrected chi connectivity index (χ4v) is 3.73. The Morgan fingerprint density at radius 1 is 1.43 bits per heavy atom. The van der Waals surface area contributed by atoms with Crippen molar-refractivity contribution in [3.63, 3.8) is 0 Å². The molecular formula is C17H26N2O3S. The van der Waals surface area contributed by atoms with Gasteiger partial charge in [-0.1, -0.05) is 13.0 Å². The summed E-state index contributed by atoms with van der Waals surface area (Å²) in [5.41, 5.74) is 0. The summed E-state index contributed by atoms with van der Waals surface area (Å²) in [6.45, 7) is 4.92. The number of hydrogen-bond acceptors (Lipinski definition) is 4. The van der Waals surface area contributed by atoms with Crippen LogP contribution in [0, 0.1) is 5.92 Å². The largest absolute Gasteiger partial charge is 0.393 e. The summed E-state index contributed by atoms with van der Waals surface area (Å²) in [6.07, 6.45) is 2.92. The van der Waals surface area contributed by atoms with E-state index in [-0.39, 0.29) is 29.9 Å². The molecule has 2 N–H and O–H groups in total. The third kappa shape index (κ3) is 5.04. The lowest BCUT2D eigenvalue weighted by atomic mass is 10.00. The Kier molecular flexibility index (Phi) is 6.59. The van der Waals surface area contributed by atoms with E-state index in [1.54, 1.807) is 17.9 Å². The lowest BCUT2D eigenvalue weighted by Gasteiger charge is -2.34. The second-order valence-corrected chi connectivity index (χ2v) is 7.37. The van der Waals surface area contributed by atoms with E-state index < -0.39 is 0 Å². The molecule has 23 heavy (non-hydrogen) atoms. The van der Waals surface area contributed by atoms with Gasteiger partial charge in [-0.25, -0.2) is 0 Å². The van der Waals surface area contributed by atoms with Crippen molar-refractivity contribution in [2.24, 2.45) is 5.92 Å². The number of carbonyl (C=O) groups excluding carboxylic acids is 2. The van der Waals surface area contributed by atoms with Crippen LogP contribution in [0.25, 0.3) is 0 Å². The van der Waals surface area contributed by atoms with Gasteiger partial charge in [0, 0.05) is 13.1 Å². The van der Waals surface area contributed by atoms with Gasteiger partial charge >= 0.3 is 0 Å². The van der Waals surface area contributed by atoms with Gasteiger partial charge in [0.25, 0.3) is 5.91 Å². The molecule has 0 spiro atoms. The molecule has 1 saturated heterocycles. The summed E-state index contributed by atoms with van der Waals surface area (Å²) in [6, 6.07) is 3.28. The molecule has 6 heteroatoms. The molecule has 1 fully saturated rings. The highest BCUT2D eigenvalue weighted by Gasteiger charge is 2.32. The molecule has 2 rings (SSSR count). The molecule has 128 valence electrons. The van der Waals surface area contributed by atoms with Crippen LogP contribution in [-0.4, -0.2) is 47.1 Å². The van der Waals surface area contributed by atoms with Crippen molar-refractivity contribution in [3.8, 4) is 0 Å². The molecule has 5 nitrogen and oxygen atoms in total. The van der Waals surface area contributed by atoms with Crippen LogP contribution in [0.3, 0.4) is 0 Å². The first-order valence-corrected chi connectivity index (χ1v) is 9.17. The number of aliphatic hydroxyl groups excluding tert-OH is 1. The molecule has 3 atom stereocenters. The summed E-state index contributed by atoms with van der Waals surface area (Å²) >= 11 is 1.41. The molecule has 0 aliphatic carbocycles. The minimum absolute atomic E-state index is 0.0446. The highest BCUT2D eigenvalue weighted by atomic mass is 32.1. The molecule has 0 saturated carbocycles. The van der Waals surface area contributed by atoms with Gasteiger partial charge in [0.2, 0.25) is 5.91 Å². The van der Waals surface area contributed by atoms with Gasteiger partial charge in [0.1, 0.15) is 6.04 Å². The van der Waals surface area contributed by atoms with Gasteiger partial charge in [-0.15, -0.1) is 11.3 Å². The number of thiophene rings is 1. The minimum Gasteiger partial charge on any atom is -0.393 e. The number of piperidine rings is 1. The zero-order valence-electron chi connectivity index (χ0n) is 13.8. The number of nitrogens with zero attached hydrogens (tertiary/aromatic N) is 1. The average molecular weight is 338 g/mol. The topological polar surface area (TPSA) is 69.6 Å². The Labute approximate surface area is 141 Å². The van der Waals surface area contributed by atoms with Crippen molar-refractivity contribution in [3.05, 3.63) is 22.4 Å². The number of amides is 2. The van der Waals surface area contributed by atoms with Crippen molar-refractivity contribution in [2.75, 3.05) is 13.1 Å². The highest BCUT2D eigenvalue weighted by molar-refractivity contribution is 7.12. The summed E-state index contributed by atoms with van der Waals surface area (Å²) < 4.78 is 0. The van der Waals surface area contributed by atoms with Crippen LogP contribution in [0.1, 0.15) is 49.2 Å². The third-order valence-electron chi connectivity index (χ3n) is 4.17. The average Bonchev–Trinajstić information content (AvgIpc) is 3.05. The summed E-state index contributed by atoms with van der Waals surface area (Å²) in [4.78, 5) is 27.5. The number of rotatable bonds is 6. The summed E-state index contributed by atoms with van der Waals surface area (Å²) in [5, 5.41) is 14.2. The molecule has 0 radical (unpaired) electrons. The van der Waals surface area contributed by atoms with Gasteiger partial charge in [-0.2, -0.15) is 0 Å². The number of carbonyl (C=O) groups is 2. The second-order valence-electron chi connectivity index (χ2n) is 6.42. The number of aliphatic hydroxyl groups is 1. The van der Waals surface area contributed by atoms with E-state index >= 15 is 0 Å². The van der Waals surface area contributed by atoms with E-state index in [0.29, 0.717) is 30.8 Å². The van der Waals surface area contributed by atoms with Gasteiger partial charge in [0.15, 0.2) is 0 Å². The molecule has 2 heterocycles. The van der Waals surface area contributed by atoms with E-state index in [4.69, 9.17) is 0 Å². The van der Waals surface area contributed by atoms with E-state index in [2.05, 4.69) is 5.32 Å². The lowest BCUT2D eigenvalue weighted by molar-refractivity contribution is -0.126. The van der Waals surface area contributed by atoms with Gasteiger partial charge in [-0.05, 0) is 50.0 Å². The Hall–Kier alpha value is -1.40. The first kappa shape index (κ1) is 17.9. The fourth-order valence-electron chi connectivity index (χ4n) is 3.05. The molecule has 0 aromatic carbocycles.